The molecule has 2 heterocycles. The number of hydrogen-bond donors (Lipinski definition) is 0. The summed E-state index contributed by atoms with van der Waals surface area (Å²) >= 11 is 1.52. The lowest BCUT2D eigenvalue weighted by molar-refractivity contribution is 0.745. The number of rotatable bonds is 3. The van der Waals surface area contributed by atoms with Crippen molar-refractivity contribution >= 4 is 21.6 Å². The summed E-state index contributed by atoms with van der Waals surface area (Å²) in [4.78, 5) is 18.5. The first-order chi connectivity index (χ1) is 12.5. The van der Waals surface area contributed by atoms with E-state index in [2.05, 4.69) is 68.2 Å². The van der Waals surface area contributed by atoms with Gasteiger partial charge >= 0.3 is 0 Å². The van der Waals surface area contributed by atoms with Gasteiger partial charge in [-0.1, -0.05) is 53.6 Å². The second kappa shape index (κ2) is 6.54. The number of hydrogen-bond acceptors (Lipinski definition) is 3. The molecule has 2 aromatic heterocycles. The minimum absolute atomic E-state index is 0.0210. The highest BCUT2D eigenvalue weighted by atomic mass is 32.1. The maximum absolute atomic E-state index is 13.2. The van der Waals surface area contributed by atoms with Crippen LogP contribution in [-0.4, -0.2) is 9.55 Å². The van der Waals surface area contributed by atoms with Crippen molar-refractivity contribution in [1.82, 2.24) is 9.55 Å². The summed E-state index contributed by atoms with van der Waals surface area (Å²) in [5.74, 6) is 0. The predicted molar refractivity (Wildman–Crippen MR) is 109 cm³/mol. The van der Waals surface area contributed by atoms with Gasteiger partial charge in [-0.15, -0.1) is 11.3 Å². The van der Waals surface area contributed by atoms with E-state index in [1.807, 2.05) is 5.38 Å². The van der Waals surface area contributed by atoms with Crippen LogP contribution < -0.4 is 5.56 Å². The first-order valence-corrected chi connectivity index (χ1v) is 9.51. The molecule has 2 aromatic carbocycles. The zero-order valence-electron chi connectivity index (χ0n) is 15.1. The maximum Gasteiger partial charge on any atom is 0.263 e. The number of aryl methyl sites for hydroxylation is 3. The maximum atomic E-state index is 13.2. The van der Waals surface area contributed by atoms with Crippen molar-refractivity contribution in [3.8, 4) is 11.1 Å². The molecular formula is C22H20N2OS. The van der Waals surface area contributed by atoms with Crippen LogP contribution >= 0.6 is 11.3 Å². The van der Waals surface area contributed by atoms with E-state index < -0.39 is 0 Å². The Kier molecular flexibility index (Phi) is 4.21. The molecule has 4 aromatic rings. The first-order valence-electron chi connectivity index (χ1n) is 8.63. The summed E-state index contributed by atoms with van der Waals surface area (Å²) in [7, 11) is 0. The summed E-state index contributed by atoms with van der Waals surface area (Å²) < 4.78 is 1.72. The molecule has 130 valence electrons. The zero-order valence-corrected chi connectivity index (χ0v) is 15.9. The van der Waals surface area contributed by atoms with E-state index in [-0.39, 0.29) is 5.56 Å². The second-order valence-corrected chi connectivity index (χ2v) is 7.66. The fourth-order valence-corrected chi connectivity index (χ4v) is 4.09. The minimum atomic E-state index is 0.0210. The summed E-state index contributed by atoms with van der Waals surface area (Å²) in [6.07, 6.45) is 1.67. The Hall–Kier alpha value is -2.72. The van der Waals surface area contributed by atoms with Gasteiger partial charge in [-0.2, -0.15) is 0 Å². The highest BCUT2D eigenvalue weighted by molar-refractivity contribution is 7.17. The average Bonchev–Trinajstić information content (AvgIpc) is 3.06. The van der Waals surface area contributed by atoms with E-state index >= 15 is 0 Å². The largest absolute Gasteiger partial charge is 0.294 e. The van der Waals surface area contributed by atoms with Crippen LogP contribution in [0.4, 0.5) is 0 Å². The van der Waals surface area contributed by atoms with Crippen LogP contribution in [0.1, 0.15) is 22.3 Å². The molecule has 26 heavy (non-hydrogen) atoms. The molecule has 0 aliphatic heterocycles. The van der Waals surface area contributed by atoms with Gasteiger partial charge < -0.3 is 0 Å². The Morgan fingerprint density at radius 3 is 2.50 bits per heavy atom. The molecule has 0 unspecified atom stereocenters. The van der Waals surface area contributed by atoms with Crippen molar-refractivity contribution in [2.24, 2.45) is 0 Å². The van der Waals surface area contributed by atoms with Crippen molar-refractivity contribution < 1.29 is 0 Å². The van der Waals surface area contributed by atoms with Crippen molar-refractivity contribution in [1.29, 1.82) is 0 Å². The number of nitrogens with zero attached hydrogens (tertiary/aromatic N) is 2. The van der Waals surface area contributed by atoms with Gasteiger partial charge in [0.1, 0.15) is 4.83 Å². The first kappa shape index (κ1) is 16.7. The Bertz CT molecular complexity index is 1150. The molecule has 0 bridgehead atoms. The van der Waals surface area contributed by atoms with E-state index in [1.165, 1.54) is 28.0 Å². The van der Waals surface area contributed by atoms with Crippen LogP contribution in [0.5, 0.6) is 0 Å². The molecule has 0 aliphatic rings. The Morgan fingerprint density at radius 2 is 1.73 bits per heavy atom. The zero-order chi connectivity index (χ0) is 18.3. The quantitative estimate of drug-likeness (QED) is 0.509. The van der Waals surface area contributed by atoms with Gasteiger partial charge in [-0.3, -0.25) is 9.36 Å². The Balaban J connectivity index is 1.84. The van der Waals surface area contributed by atoms with Gasteiger partial charge in [0.25, 0.3) is 5.56 Å². The van der Waals surface area contributed by atoms with Gasteiger partial charge in [0.15, 0.2) is 0 Å². The van der Waals surface area contributed by atoms with E-state index in [1.54, 1.807) is 10.9 Å². The van der Waals surface area contributed by atoms with Crippen molar-refractivity contribution in [3.63, 3.8) is 0 Å². The monoisotopic (exact) mass is 360 g/mol. The summed E-state index contributed by atoms with van der Waals surface area (Å²) in [6.45, 7) is 6.75. The summed E-state index contributed by atoms with van der Waals surface area (Å²) in [6, 6.07) is 14.6. The number of aromatic nitrogens is 2. The molecular weight excluding hydrogens is 340 g/mol. The van der Waals surface area contributed by atoms with Gasteiger partial charge in [-0.25, -0.2) is 4.98 Å². The molecule has 0 fully saturated rings. The fourth-order valence-electron chi connectivity index (χ4n) is 3.18. The molecule has 0 N–H and O–H groups in total. The highest BCUT2D eigenvalue weighted by Gasteiger charge is 2.14. The molecule has 0 amide bonds. The van der Waals surface area contributed by atoms with E-state index in [4.69, 9.17) is 0 Å². The average molecular weight is 360 g/mol. The molecule has 0 spiro atoms. The Morgan fingerprint density at radius 1 is 1.00 bits per heavy atom. The van der Waals surface area contributed by atoms with Crippen LogP contribution in [-0.2, 0) is 6.54 Å². The fraction of sp³-hybridized carbons (Fsp3) is 0.182. The molecule has 4 rings (SSSR count). The topological polar surface area (TPSA) is 34.9 Å². The van der Waals surface area contributed by atoms with Crippen molar-refractivity contribution in [2.45, 2.75) is 27.3 Å². The van der Waals surface area contributed by atoms with Gasteiger partial charge in [0.05, 0.1) is 18.3 Å². The lowest BCUT2D eigenvalue weighted by Gasteiger charge is -2.10. The van der Waals surface area contributed by atoms with Gasteiger partial charge in [0, 0.05) is 10.9 Å². The predicted octanol–water partition coefficient (Wildman–Crippen LogP) is 5.10. The molecule has 4 heteroatoms. The van der Waals surface area contributed by atoms with Crippen LogP contribution in [0.15, 0.2) is 59.0 Å². The smallest absolute Gasteiger partial charge is 0.263 e. The third-order valence-corrected chi connectivity index (χ3v) is 5.65. The normalized spacial score (nSPS) is 11.2. The number of benzene rings is 2. The highest BCUT2D eigenvalue weighted by Crippen LogP contribution is 2.30. The SMILES string of the molecule is Cc1ccc(-c2csc3ncn(Cc4cc(C)ccc4C)c(=O)c23)cc1. The molecule has 0 radical (unpaired) electrons. The van der Waals surface area contributed by atoms with Crippen molar-refractivity contribution in [3.05, 3.63) is 86.8 Å². The van der Waals surface area contributed by atoms with E-state index in [0.717, 1.165) is 21.5 Å². The standard InChI is InChI=1S/C22H20N2OS/c1-14-5-8-17(9-6-14)19-12-26-21-20(19)22(25)24(13-23-21)11-18-10-15(2)4-7-16(18)3/h4-10,12-13H,11H2,1-3H3. The lowest BCUT2D eigenvalue weighted by Crippen LogP contribution is -2.21. The molecule has 3 nitrogen and oxygen atoms in total. The second-order valence-electron chi connectivity index (χ2n) is 6.80. The lowest BCUT2D eigenvalue weighted by atomic mass is 10.0. The van der Waals surface area contributed by atoms with Crippen molar-refractivity contribution in [2.75, 3.05) is 0 Å². The van der Waals surface area contributed by atoms with Gasteiger partial charge in [0.2, 0.25) is 0 Å². The number of fused-ring (bicyclic) bond motifs is 1. The molecule has 0 atom stereocenters. The number of thiophene rings is 1. The third kappa shape index (κ3) is 2.97. The van der Waals surface area contributed by atoms with E-state index in [0.29, 0.717) is 11.9 Å². The van der Waals surface area contributed by atoms with Crippen LogP contribution in [0.2, 0.25) is 0 Å². The van der Waals surface area contributed by atoms with Gasteiger partial charge in [-0.05, 0) is 37.5 Å². The molecule has 0 saturated carbocycles. The van der Waals surface area contributed by atoms with Crippen LogP contribution in [0.3, 0.4) is 0 Å². The minimum Gasteiger partial charge on any atom is -0.294 e. The van der Waals surface area contributed by atoms with Crippen LogP contribution in [0, 0.1) is 20.8 Å². The Labute approximate surface area is 156 Å². The summed E-state index contributed by atoms with van der Waals surface area (Å²) in [5, 5.41) is 2.75. The van der Waals surface area contributed by atoms with E-state index in [9.17, 15) is 4.79 Å². The molecule has 0 aliphatic carbocycles. The third-order valence-electron chi connectivity index (χ3n) is 4.77. The van der Waals surface area contributed by atoms with Crippen LogP contribution in [0.25, 0.3) is 21.3 Å². The molecule has 0 saturated heterocycles. The summed E-state index contributed by atoms with van der Waals surface area (Å²) in [5.41, 5.74) is 6.80.